The molecular formula is C17H22IN5O2. The lowest BCUT2D eigenvalue weighted by Crippen LogP contribution is -2.39. The van der Waals surface area contributed by atoms with Gasteiger partial charge in [-0.3, -0.25) is 9.79 Å². The molecule has 0 radical (unpaired) electrons. The molecule has 0 saturated carbocycles. The fourth-order valence-corrected chi connectivity index (χ4v) is 2.91. The number of amides is 1. The number of hydrogen-bond donors (Lipinski definition) is 2. The average Bonchev–Trinajstić information content (AvgIpc) is 3.19. The number of para-hydroxylation sites is 1. The molecule has 0 aliphatic carbocycles. The second kappa shape index (κ2) is 8.84. The van der Waals surface area contributed by atoms with E-state index in [2.05, 4.69) is 20.8 Å². The first-order valence-corrected chi connectivity index (χ1v) is 7.90. The van der Waals surface area contributed by atoms with E-state index in [1.807, 2.05) is 42.3 Å². The van der Waals surface area contributed by atoms with E-state index in [0.29, 0.717) is 19.5 Å². The Bertz CT molecular complexity index is 732. The topological polar surface area (TPSA) is 82.8 Å². The molecule has 2 N–H and O–H groups in total. The lowest BCUT2D eigenvalue weighted by molar-refractivity contribution is -0.117. The molecule has 1 aliphatic rings. The van der Waals surface area contributed by atoms with Gasteiger partial charge in [0.25, 0.3) is 0 Å². The first kappa shape index (κ1) is 19.2. The van der Waals surface area contributed by atoms with Crippen LogP contribution in [0.3, 0.4) is 0 Å². The van der Waals surface area contributed by atoms with Gasteiger partial charge in [0.15, 0.2) is 5.96 Å². The highest BCUT2D eigenvalue weighted by atomic mass is 127. The van der Waals surface area contributed by atoms with Crippen molar-refractivity contribution in [2.75, 3.05) is 26.0 Å². The van der Waals surface area contributed by atoms with Crippen LogP contribution in [0.5, 0.6) is 0 Å². The zero-order valence-corrected chi connectivity index (χ0v) is 16.6. The van der Waals surface area contributed by atoms with Gasteiger partial charge in [-0.05, 0) is 18.1 Å². The Balaban J connectivity index is 0.00000225. The minimum absolute atomic E-state index is 0. The molecule has 134 valence electrons. The van der Waals surface area contributed by atoms with Crippen LogP contribution in [0.2, 0.25) is 0 Å². The fraction of sp³-hybridized carbons (Fsp3) is 0.353. The number of fused-ring (bicyclic) bond motifs is 1. The normalized spacial score (nSPS) is 16.0. The number of rotatable bonds is 5. The van der Waals surface area contributed by atoms with Crippen molar-refractivity contribution in [2.24, 2.45) is 4.99 Å². The highest BCUT2D eigenvalue weighted by Gasteiger charge is 2.29. The van der Waals surface area contributed by atoms with Gasteiger partial charge in [-0.15, -0.1) is 24.0 Å². The molecule has 3 rings (SSSR count). The SMILES string of the molecule is CN=C(NCCC1C(=O)Nc2ccccc21)N(C)Cc1ccon1.I. The molecular weight excluding hydrogens is 433 g/mol. The van der Waals surface area contributed by atoms with Crippen LogP contribution in [-0.2, 0) is 11.3 Å². The van der Waals surface area contributed by atoms with Crippen LogP contribution in [0.25, 0.3) is 0 Å². The van der Waals surface area contributed by atoms with Crippen LogP contribution in [-0.4, -0.2) is 42.6 Å². The van der Waals surface area contributed by atoms with E-state index >= 15 is 0 Å². The van der Waals surface area contributed by atoms with Gasteiger partial charge >= 0.3 is 0 Å². The summed E-state index contributed by atoms with van der Waals surface area (Å²) in [5.41, 5.74) is 2.82. The van der Waals surface area contributed by atoms with Gasteiger partial charge in [-0.25, -0.2) is 0 Å². The van der Waals surface area contributed by atoms with Crippen LogP contribution in [0.1, 0.15) is 23.6 Å². The van der Waals surface area contributed by atoms with E-state index in [1.54, 1.807) is 13.3 Å². The molecule has 0 bridgehead atoms. The largest absolute Gasteiger partial charge is 0.364 e. The third-order valence-corrected chi connectivity index (χ3v) is 4.09. The molecule has 1 aliphatic heterocycles. The van der Waals surface area contributed by atoms with Crippen LogP contribution in [0.4, 0.5) is 5.69 Å². The third-order valence-electron chi connectivity index (χ3n) is 4.09. The summed E-state index contributed by atoms with van der Waals surface area (Å²) in [6, 6.07) is 9.66. The van der Waals surface area contributed by atoms with Gasteiger partial charge in [0.1, 0.15) is 12.0 Å². The third kappa shape index (κ3) is 4.50. The average molecular weight is 455 g/mol. The molecule has 7 nitrogen and oxygen atoms in total. The summed E-state index contributed by atoms with van der Waals surface area (Å²) in [5.74, 6) is 0.696. The molecule has 1 aromatic carbocycles. The van der Waals surface area contributed by atoms with Crippen molar-refractivity contribution in [2.45, 2.75) is 18.9 Å². The van der Waals surface area contributed by atoms with Gasteiger partial charge in [-0.2, -0.15) is 0 Å². The van der Waals surface area contributed by atoms with E-state index in [0.717, 1.165) is 22.9 Å². The van der Waals surface area contributed by atoms with E-state index in [9.17, 15) is 4.79 Å². The van der Waals surface area contributed by atoms with Crippen molar-refractivity contribution >= 4 is 41.5 Å². The maximum atomic E-state index is 12.1. The van der Waals surface area contributed by atoms with Crippen molar-refractivity contribution < 1.29 is 9.32 Å². The van der Waals surface area contributed by atoms with Gasteiger partial charge < -0.3 is 20.1 Å². The van der Waals surface area contributed by atoms with Crippen molar-refractivity contribution in [3.63, 3.8) is 0 Å². The summed E-state index contributed by atoms with van der Waals surface area (Å²) in [4.78, 5) is 18.4. The minimum Gasteiger partial charge on any atom is -0.364 e. The first-order valence-electron chi connectivity index (χ1n) is 7.90. The first-order chi connectivity index (χ1) is 11.7. The second-order valence-electron chi connectivity index (χ2n) is 5.74. The number of aromatic nitrogens is 1. The fourth-order valence-electron chi connectivity index (χ4n) is 2.91. The van der Waals surface area contributed by atoms with Gasteiger partial charge in [0, 0.05) is 32.4 Å². The minimum atomic E-state index is -0.118. The number of nitrogens with zero attached hydrogens (tertiary/aromatic N) is 3. The molecule has 2 aromatic rings. The van der Waals surface area contributed by atoms with Crippen LogP contribution >= 0.6 is 24.0 Å². The highest BCUT2D eigenvalue weighted by molar-refractivity contribution is 14.0. The Morgan fingerprint density at radius 3 is 2.92 bits per heavy atom. The van der Waals surface area contributed by atoms with Crippen LogP contribution < -0.4 is 10.6 Å². The van der Waals surface area contributed by atoms with E-state index in [-0.39, 0.29) is 35.8 Å². The zero-order chi connectivity index (χ0) is 16.9. The molecule has 0 saturated heterocycles. The molecule has 1 unspecified atom stereocenters. The second-order valence-corrected chi connectivity index (χ2v) is 5.74. The molecule has 25 heavy (non-hydrogen) atoms. The number of nitrogens with one attached hydrogen (secondary N) is 2. The lowest BCUT2D eigenvalue weighted by atomic mass is 9.97. The number of carbonyl (C=O) groups excluding carboxylic acids is 1. The predicted molar refractivity (Wildman–Crippen MR) is 107 cm³/mol. The molecule has 0 spiro atoms. The number of guanidine groups is 1. The van der Waals surface area contributed by atoms with E-state index in [1.165, 1.54) is 0 Å². The monoisotopic (exact) mass is 455 g/mol. The summed E-state index contributed by atoms with van der Waals surface area (Å²) in [6.07, 6.45) is 2.26. The molecule has 1 aromatic heterocycles. The summed E-state index contributed by atoms with van der Waals surface area (Å²) in [5, 5.41) is 10.1. The number of carbonyl (C=O) groups is 1. The Labute approximate surface area is 163 Å². The summed E-state index contributed by atoms with van der Waals surface area (Å²) < 4.78 is 4.84. The molecule has 8 heteroatoms. The number of hydrogen-bond acceptors (Lipinski definition) is 4. The van der Waals surface area contributed by atoms with Gasteiger partial charge in [0.2, 0.25) is 5.91 Å². The number of aliphatic imine (C=N–C) groups is 1. The summed E-state index contributed by atoms with van der Waals surface area (Å²) in [7, 11) is 3.67. The van der Waals surface area contributed by atoms with Crippen LogP contribution in [0, 0.1) is 0 Å². The van der Waals surface area contributed by atoms with Crippen molar-refractivity contribution in [1.82, 2.24) is 15.4 Å². The molecule has 2 heterocycles. The predicted octanol–water partition coefficient (Wildman–Crippen LogP) is 2.43. The van der Waals surface area contributed by atoms with Crippen molar-refractivity contribution in [3.8, 4) is 0 Å². The molecule has 1 amide bonds. The smallest absolute Gasteiger partial charge is 0.232 e. The van der Waals surface area contributed by atoms with Crippen molar-refractivity contribution in [3.05, 3.63) is 47.9 Å². The highest BCUT2D eigenvalue weighted by Crippen LogP contribution is 2.33. The van der Waals surface area contributed by atoms with Crippen LogP contribution in [0.15, 0.2) is 46.1 Å². The Hall–Kier alpha value is -2.10. The van der Waals surface area contributed by atoms with E-state index < -0.39 is 0 Å². The van der Waals surface area contributed by atoms with Gasteiger partial charge in [0.05, 0.1) is 12.5 Å². The maximum absolute atomic E-state index is 12.1. The standard InChI is InChI=1S/C17H21N5O2.HI/c1-18-17(22(2)11-12-8-10-24-21-12)19-9-7-14-13-5-3-4-6-15(13)20-16(14)23;/h3-6,8,10,14H,7,9,11H2,1-2H3,(H,18,19)(H,20,23);1H. The van der Waals surface area contributed by atoms with Gasteiger partial charge in [-0.1, -0.05) is 23.4 Å². The summed E-state index contributed by atoms with van der Waals surface area (Å²) in [6.45, 7) is 1.26. The maximum Gasteiger partial charge on any atom is 0.232 e. The molecule has 0 fully saturated rings. The Morgan fingerprint density at radius 2 is 2.20 bits per heavy atom. The molecule has 1 atom stereocenters. The summed E-state index contributed by atoms with van der Waals surface area (Å²) >= 11 is 0. The lowest BCUT2D eigenvalue weighted by Gasteiger charge is -2.21. The number of anilines is 1. The van der Waals surface area contributed by atoms with E-state index in [4.69, 9.17) is 4.52 Å². The zero-order valence-electron chi connectivity index (χ0n) is 14.2. The Kier molecular flexibility index (Phi) is 6.80. The number of benzene rings is 1. The number of halogens is 1. The Morgan fingerprint density at radius 1 is 1.40 bits per heavy atom. The quantitative estimate of drug-likeness (QED) is 0.411. The van der Waals surface area contributed by atoms with Crippen molar-refractivity contribution in [1.29, 1.82) is 0 Å².